The van der Waals surface area contributed by atoms with E-state index in [2.05, 4.69) is 20.4 Å². The molecule has 0 aromatic heterocycles. The molecule has 4 fully saturated rings. The second-order valence-electron chi connectivity index (χ2n) is 14.1. The minimum atomic E-state index is -1.05. The number of aliphatic hydroxyl groups excluding tert-OH is 1. The lowest BCUT2D eigenvalue weighted by molar-refractivity contribution is -0.156. The van der Waals surface area contributed by atoms with Crippen molar-refractivity contribution in [1.29, 1.82) is 0 Å². The summed E-state index contributed by atoms with van der Waals surface area (Å²) >= 11 is 0. The molecule has 11 atom stereocenters. The Hall–Kier alpha value is -2.94. The van der Waals surface area contributed by atoms with Crippen LogP contribution in [0.15, 0.2) is 34.4 Å². The van der Waals surface area contributed by atoms with Gasteiger partial charge in [-0.25, -0.2) is 4.79 Å². The van der Waals surface area contributed by atoms with Crippen molar-refractivity contribution in [1.82, 2.24) is 0 Å². The average Bonchev–Trinajstić information content (AvgIpc) is 3.49. The van der Waals surface area contributed by atoms with Crippen molar-refractivity contribution in [3.63, 3.8) is 0 Å². The first-order valence-corrected chi connectivity index (χ1v) is 15.7. The van der Waals surface area contributed by atoms with Crippen LogP contribution in [0.25, 0.3) is 0 Å². The van der Waals surface area contributed by atoms with Crippen LogP contribution < -0.4 is 0 Å². The highest BCUT2D eigenvalue weighted by atomic mass is 16.6. The molecule has 43 heavy (non-hydrogen) atoms. The monoisotopic (exact) mass is 596 g/mol. The summed E-state index contributed by atoms with van der Waals surface area (Å²) < 4.78 is 23.3. The van der Waals surface area contributed by atoms with Gasteiger partial charge in [-0.05, 0) is 63.4 Å². The molecule has 234 valence electrons. The van der Waals surface area contributed by atoms with Gasteiger partial charge < -0.3 is 24.1 Å². The molecule has 1 N–H and O–H groups in total. The molecular formula is C34H44O9. The van der Waals surface area contributed by atoms with E-state index in [4.69, 9.17) is 18.9 Å². The van der Waals surface area contributed by atoms with Crippen molar-refractivity contribution in [2.45, 2.75) is 104 Å². The first-order chi connectivity index (χ1) is 20.2. The smallest absolute Gasteiger partial charge is 0.334 e. The summed E-state index contributed by atoms with van der Waals surface area (Å²) in [7, 11) is 0. The lowest BCUT2D eigenvalue weighted by atomic mass is 9.55. The van der Waals surface area contributed by atoms with Crippen molar-refractivity contribution < 1.29 is 43.2 Å². The Morgan fingerprint density at radius 2 is 1.81 bits per heavy atom. The van der Waals surface area contributed by atoms with Crippen LogP contribution in [0, 0.1) is 40.4 Å². The summed E-state index contributed by atoms with van der Waals surface area (Å²) in [6, 6.07) is 0. The molecule has 0 radical (unpaired) electrons. The highest BCUT2D eigenvalue weighted by Crippen LogP contribution is 2.76. The van der Waals surface area contributed by atoms with E-state index in [-0.39, 0.29) is 41.8 Å². The van der Waals surface area contributed by atoms with E-state index >= 15 is 0 Å². The molecular weight excluding hydrogens is 552 g/mol. The molecule has 2 heterocycles. The zero-order chi connectivity index (χ0) is 31.2. The maximum absolute atomic E-state index is 14.2. The van der Waals surface area contributed by atoms with Crippen molar-refractivity contribution in [3.8, 4) is 0 Å². The van der Waals surface area contributed by atoms with E-state index in [9.17, 15) is 24.3 Å². The van der Waals surface area contributed by atoms with Crippen LogP contribution in [0.2, 0.25) is 0 Å². The molecule has 9 heteroatoms. The Kier molecular flexibility index (Phi) is 7.22. The molecule has 6 aliphatic rings. The van der Waals surface area contributed by atoms with Crippen LogP contribution in [0.1, 0.15) is 80.1 Å². The molecule has 0 aromatic rings. The molecule has 2 aliphatic heterocycles. The third-order valence-corrected chi connectivity index (χ3v) is 12.0. The molecule has 0 amide bonds. The van der Waals surface area contributed by atoms with Gasteiger partial charge in [0.05, 0.1) is 18.1 Å². The van der Waals surface area contributed by atoms with Gasteiger partial charge in [-0.15, -0.1) is 0 Å². The largest absolute Gasteiger partial charge is 0.466 e. The van der Waals surface area contributed by atoms with E-state index in [1.165, 1.54) is 13.8 Å². The number of esters is 4. The van der Waals surface area contributed by atoms with Crippen molar-refractivity contribution in [3.05, 3.63) is 34.4 Å². The van der Waals surface area contributed by atoms with Gasteiger partial charge in [0.15, 0.2) is 0 Å². The molecule has 6 rings (SSSR count). The highest BCUT2D eigenvalue weighted by molar-refractivity contribution is 5.91. The Bertz CT molecular complexity index is 1360. The lowest BCUT2D eigenvalue weighted by Crippen LogP contribution is -2.50. The molecule has 2 saturated carbocycles. The number of fused-ring (bicyclic) bond motifs is 5. The first-order valence-electron chi connectivity index (χ1n) is 15.7. The number of carbonyl (C=O) groups excluding carboxylic acids is 4. The third-order valence-electron chi connectivity index (χ3n) is 12.0. The quantitative estimate of drug-likeness (QED) is 0.156. The third kappa shape index (κ3) is 4.12. The van der Waals surface area contributed by atoms with E-state index < -0.39 is 46.9 Å². The van der Waals surface area contributed by atoms with E-state index in [0.29, 0.717) is 44.3 Å². The van der Waals surface area contributed by atoms with Gasteiger partial charge >= 0.3 is 23.9 Å². The molecule has 4 aliphatic carbocycles. The normalized spacial score (nSPS) is 41.9. The minimum absolute atomic E-state index is 0.0179. The number of rotatable bonds is 6. The molecule has 2 bridgehead atoms. The van der Waals surface area contributed by atoms with Gasteiger partial charge in [0.25, 0.3) is 0 Å². The zero-order valence-corrected chi connectivity index (χ0v) is 26.1. The van der Waals surface area contributed by atoms with Crippen LogP contribution in [-0.4, -0.2) is 60.0 Å². The molecule has 9 nitrogen and oxygen atoms in total. The fourth-order valence-corrected chi connectivity index (χ4v) is 10.4. The maximum Gasteiger partial charge on any atom is 0.334 e. The summed E-state index contributed by atoms with van der Waals surface area (Å²) in [6.07, 6.45) is 1.25. The van der Waals surface area contributed by atoms with Gasteiger partial charge in [0.1, 0.15) is 18.3 Å². The topological polar surface area (TPSA) is 125 Å². The number of hydrogen-bond acceptors (Lipinski definition) is 9. The SMILES string of the molecule is C=C1C(=O)OC2CC(C)C34CC5(C(=O)OC6CC(C)=C(C(C)CCCOC(C)=O)C(O)C65)C(C(C)=C3CC12)C4OC(C)=O. The molecule has 2 spiro atoms. The average molecular weight is 597 g/mol. The highest BCUT2D eigenvalue weighted by Gasteiger charge is 2.79. The first kappa shape index (κ1) is 30.1. The summed E-state index contributed by atoms with van der Waals surface area (Å²) in [4.78, 5) is 50.6. The molecule has 11 unspecified atom stereocenters. The van der Waals surface area contributed by atoms with E-state index in [1.807, 2.05) is 13.8 Å². The second-order valence-corrected chi connectivity index (χ2v) is 14.1. The van der Waals surface area contributed by atoms with Gasteiger partial charge in [0, 0.05) is 49.0 Å². The number of ether oxygens (including phenoxy) is 4. The second kappa shape index (κ2) is 10.3. The Morgan fingerprint density at radius 3 is 2.49 bits per heavy atom. The Balaban J connectivity index is 1.40. The van der Waals surface area contributed by atoms with Crippen LogP contribution >= 0.6 is 0 Å². The van der Waals surface area contributed by atoms with Crippen molar-refractivity contribution in [2.75, 3.05) is 6.61 Å². The predicted molar refractivity (Wildman–Crippen MR) is 154 cm³/mol. The van der Waals surface area contributed by atoms with Crippen LogP contribution in [0.3, 0.4) is 0 Å². The summed E-state index contributed by atoms with van der Waals surface area (Å²) in [6.45, 7) is 15.4. The Morgan fingerprint density at radius 1 is 1.09 bits per heavy atom. The predicted octanol–water partition coefficient (Wildman–Crippen LogP) is 4.37. The number of aliphatic hydroxyl groups is 1. The van der Waals surface area contributed by atoms with Gasteiger partial charge in [-0.2, -0.15) is 0 Å². The van der Waals surface area contributed by atoms with Gasteiger partial charge in [0.2, 0.25) is 0 Å². The van der Waals surface area contributed by atoms with Gasteiger partial charge in [-0.1, -0.05) is 37.1 Å². The molecule has 0 aromatic carbocycles. The van der Waals surface area contributed by atoms with Crippen LogP contribution in [0.4, 0.5) is 0 Å². The van der Waals surface area contributed by atoms with Crippen molar-refractivity contribution >= 4 is 23.9 Å². The van der Waals surface area contributed by atoms with E-state index in [1.54, 1.807) is 0 Å². The maximum atomic E-state index is 14.2. The summed E-state index contributed by atoms with van der Waals surface area (Å²) in [5.41, 5.74) is 2.89. The standard InChI is InChI=1S/C34H44O9/c1-15(9-8-10-40-20(6)35)26-16(2)11-25-28(29(26)37)34(32(39)43-25)14-33-17(3)12-24-22(18(4)31(38)42-24)13-23(33)19(5)27(34)30(33)41-21(7)36/h15,17,22,24-25,27-30,37H,4,8-14H2,1-3,5-7H3. The summed E-state index contributed by atoms with van der Waals surface area (Å²) in [5, 5.41) is 12.2. The fourth-order valence-electron chi connectivity index (χ4n) is 10.4. The Labute approximate surface area is 253 Å². The lowest BCUT2D eigenvalue weighted by Gasteiger charge is -2.45. The zero-order valence-electron chi connectivity index (χ0n) is 26.1. The fraction of sp³-hybridized carbons (Fsp3) is 0.706. The number of hydrogen-bond donors (Lipinski definition) is 1. The van der Waals surface area contributed by atoms with E-state index in [0.717, 1.165) is 28.7 Å². The minimum Gasteiger partial charge on any atom is -0.466 e. The van der Waals surface area contributed by atoms with Crippen molar-refractivity contribution in [2.24, 2.45) is 40.4 Å². The van der Waals surface area contributed by atoms with Crippen LogP contribution in [0.5, 0.6) is 0 Å². The number of carbonyl (C=O) groups is 4. The van der Waals surface area contributed by atoms with Gasteiger partial charge in [-0.3, -0.25) is 14.4 Å². The molecule has 2 saturated heterocycles. The van der Waals surface area contributed by atoms with Crippen LogP contribution in [-0.2, 0) is 38.1 Å². The summed E-state index contributed by atoms with van der Waals surface area (Å²) in [5.74, 6) is -2.51.